The van der Waals surface area contributed by atoms with Crippen molar-refractivity contribution in [2.24, 2.45) is 5.92 Å². The number of Topliss-reactive ketones (excluding diaryl/α,β-unsaturated/α-hetero) is 1. The Bertz CT molecular complexity index is 827. The number of hydrogen-bond donors (Lipinski definition) is 1. The van der Waals surface area contributed by atoms with Crippen LogP contribution in [0.25, 0.3) is 0 Å². The molecule has 1 N–H and O–H groups in total. The summed E-state index contributed by atoms with van der Waals surface area (Å²) in [5.41, 5.74) is 0.864. The second kappa shape index (κ2) is 6.09. The number of carbonyl (C=O) groups is 2. The van der Waals surface area contributed by atoms with Gasteiger partial charge in [0.1, 0.15) is 17.0 Å². The van der Waals surface area contributed by atoms with Crippen molar-refractivity contribution in [2.75, 3.05) is 44.7 Å². The number of aliphatic carboxylic acids is 1. The molecule has 7 heteroatoms. The van der Waals surface area contributed by atoms with Gasteiger partial charge in [-0.05, 0) is 13.1 Å². The van der Waals surface area contributed by atoms with Gasteiger partial charge in [-0.2, -0.15) is 0 Å². The number of hydrogen-bond acceptors (Lipinski definition) is 5. The van der Waals surface area contributed by atoms with Crippen LogP contribution in [0, 0.1) is 11.7 Å². The summed E-state index contributed by atoms with van der Waals surface area (Å²) >= 11 is 0. The van der Waals surface area contributed by atoms with Crippen molar-refractivity contribution in [2.45, 2.75) is 12.8 Å². The van der Waals surface area contributed by atoms with Gasteiger partial charge in [0.05, 0.1) is 6.61 Å². The predicted molar refractivity (Wildman–Crippen MR) is 93.6 cm³/mol. The molecule has 2 atom stereocenters. The van der Waals surface area contributed by atoms with Gasteiger partial charge < -0.3 is 19.6 Å². The molecule has 0 aromatic heterocycles. The molecule has 138 valence electrons. The van der Waals surface area contributed by atoms with Crippen molar-refractivity contribution >= 4 is 17.4 Å². The molecule has 0 bridgehead atoms. The molecule has 26 heavy (non-hydrogen) atoms. The fourth-order valence-electron chi connectivity index (χ4n) is 4.04. The van der Waals surface area contributed by atoms with E-state index < -0.39 is 17.6 Å². The number of likely N-dealkylation sites (N-methyl/N-ethyl adjacent to an activating group) is 1. The van der Waals surface area contributed by atoms with E-state index in [0.717, 1.165) is 13.1 Å². The maximum absolute atomic E-state index is 15.0. The highest BCUT2D eigenvalue weighted by atomic mass is 19.1. The van der Waals surface area contributed by atoms with Crippen LogP contribution in [0.3, 0.4) is 0 Å². The number of rotatable bonds is 2. The normalized spacial score (nSPS) is 25.4. The molecule has 1 aromatic rings. The third kappa shape index (κ3) is 2.49. The second-order valence-electron chi connectivity index (χ2n) is 7.32. The van der Waals surface area contributed by atoms with E-state index in [1.807, 2.05) is 18.9 Å². The highest BCUT2D eigenvalue weighted by Gasteiger charge is 2.41. The molecule has 2 heterocycles. The maximum Gasteiger partial charge on any atom is 0.339 e. The van der Waals surface area contributed by atoms with Crippen LogP contribution in [0.2, 0.25) is 0 Å². The summed E-state index contributed by atoms with van der Waals surface area (Å²) < 4.78 is 20.9. The number of carbonyl (C=O) groups excluding carboxylic acids is 1. The van der Waals surface area contributed by atoms with Gasteiger partial charge in [-0.1, -0.05) is 13.0 Å². The molecule has 1 aliphatic carbocycles. The van der Waals surface area contributed by atoms with Crippen molar-refractivity contribution in [1.82, 2.24) is 4.90 Å². The zero-order valence-electron chi connectivity index (χ0n) is 14.8. The summed E-state index contributed by atoms with van der Waals surface area (Å²) in [7, 11) is 2.02. The molecule has 1 saturated heterocycles. The molecule has 2 aliphatic heterocycles. The van der Waals surface area contributed by atoms with Gasteiger partial charge in [0, 0.05) is 49.1 Å². The van der Waals surface area contributed by atoms with E-state index in [2.05, 4.69) is 4.90 Å². The zero-order chi connectivity index (χ0) is 18.6. The highest BCUT2D eigenvalue weighted by molar-refractivity contribution is 6.25. The Hall–Kier alpha value is -2.41. The lowest BCUT2D eigenvalue weighted by Gasteiger charge is -2.39. The van der Waals surface area contributed by atoms with Crippen LogP contribution >= 0.6 is 0 Å². The summed E-state index contributed by atoms with van der Waals surface area (Å²) in [4.78, 5) is 28.2. The van der Waals surface area contributed by atoms with Crippen LogP contribution in [-0.2, 0) is 4.79 Å². The number of halogens is 1. The van der Waals surface area contributed by atoms with Gasteiger partial charge in [0.15, 0.2) is 5.82 Å². The fourth-order valence-corrected chi connectivity index (χ4v) is 4.04. The van der Waals surface area contributed by atoms with Crippen LogP contribution in [-0.4, -0.2) is 61.6 Å². The van der Waals surface area contributed by atoms with E-state index in [0.29, 0.717) is 36.7 Å². The largest absolute Gasteiger partial charge is 0.491 e. The minimum atomic E-state index is -1.27. The summed E-state index contributed by atoms with van der Waals surface area (Å²) in [6.45, 7) is 5.29. The van der Waals surface area contributed by atoms with E-state index in [9.17, 15) is 14.7 Å². The van der Waals surface area contributed by atoms with Crippen molar-refractivity contribution in [3.05, 3.63) is 34.7 Å². The van der Waals surface area contributed by atoms with Crippen molar-refractivity contribution in [3.63, 3.8) is 0 Å². The van der Waals surface area contributed by atoms with Crippen LogP contribution in [0.1, 0.15) is 28.8 Å². The third-order valence-electron chi connectivity index (χ3n) is 5.57. The topological polar surface area (TPSA) is 70.1 Å². The van der Waals surface area contributed by atoms with Gasteiger partial charge in [0.2, 0.25) is 5.78 Å². The number of benzene rings is 1. The van der Waals surface area contributed by atoms with Crippen LogP contribution in [0.5, 0.6) is 5.75 Å². The number of ether oxygens (including phenoxy) is 1. The Morgan fingerprint density at radius 3 is 2.65 bits per heavy atom. The van der Waals surface area contributed by atoms with Gasteiger partial charge in [-0.3, -0.25) is 4.79 Å². The SMILES string of the molecule is C[C@H]1COc2c3c(cc(F)c2N2CCN(C)CC2)C(=O)C(C(=O)O)=CC31. The predicted octanol–water partition coefficient (Wildman–Crippen LogP) is 1.90. The average molecular weight is 360 g/mol. The lowest BCUT2D eigenvalue weighted by Crippen LogP contribution is -2.45. The van der Waals surface area contributed by atoms with E-state index in [1.54, 1.807) is 0 Å². The Labute approximate surface area is 150 Å². The first-order valence-electron chi connectivity index (χ1n) is 8.81. The quantitative estimate of drug-likeness (QED) is 0.813. The number of piperazine rings is 1. The molecule has 0 amide bonds. The van der Waals surface area contributed by atoms with Crippen LogP contribution < -0.4 is 9.64 Å². The van der Waals surface area contributed by atoms with E-state index in [-0.39, 0.29) is 23.0 Å². The molecule has 4 rings (SSSR count). The van der Waals surface area contributed by atoms with Gasteiger partial charge >= 0.3 is 5.97 Å². The van der Waals surface area contributed by atoms with Crippen molar-refractivity contribution in [1.29, 1.82) is 0 Å². The number of ketones is 1. The fraction of sp³-hybridized carbons (Fsp3) is 0.474. The van der Waals surface area contributed by atoms with E-state index in [1.165, 1.54) is 12.1 Å². The summed E-state index contributed by atoms with van der Waals surface area (Å²) in [5.74, 6) is -2.30. The number of nitrogens with zero attached hydrogens (tertiary/aromatic N) is 2. The Morgan fingerprint density at radius 1 is 1.31 bits per heavy atom. The minimum absolute atomic E-state index is 0.00880. The second-order valence-corrected chi connectivity index (χ2v) is 7.32. The lowest BCUT2D eigenvalue weighted by molar-refractivity contribution is -0.132. The molecule has 6 nitrogen and oxygen atoms in total. The summed E-state index contributed by atoms with van der Waals surface area (Å²) in [5, 5.41) is 9.35. The van der Waals surface area contributed by atoms with E-state index >= 15 is 4.39 Å². The van der Waals surface area contributed by atoms with Crippen LogP contribution in [0.4, 0.5) is 10.1 Å². The summed E-state index contributed by atoms with van der Waals surface area (Å²) in [6.07, 6.45) is 1.51. The van der Waals surface area contributed by atoms with Gasteiger partial charge in [0.25, 0.3) is 0 Å². The monoisotopic (exact) mass is 360 g/mol. The molecular formula is C19H21FN2O4. The molecular weight excluding hydrogens is 339 g/mol. The molecule has 0 radical (unpaired) electrons. The number of anilines is 1. The average Bonchev–Trinajstić information content (AvgIpc) is 2.60. The van der Waals surface area contributed by atoms with Gasteiger partial charge in [-0.25, -0.2) is 9.18 Å². The van der Waals surface area contributed by atoms with Crippen molar-refractivity contribution < 1.29 is 23.8 Å². The van der Waals surface area contributed by atoms with Crippen molar-refractivity contribution in [3.8, 4) is 5.75 Å². The molecule has 0 saturated carbocycles. The summed E-state index contributed by atoms with van der Waals surface area (Å²) in [6, 6.07) is 1.19. The first-order chi connectivity index (χ1) is 12.4. The molecule has 3 aliphatic rings. The molecule has 1 fully saturated rings. The molecule has 1 unspecified atom stereocenters. The van der Waals surface area contributed by atoms with Crippen LogP contribution in [0.15, 0.2) is 17.7 Å². The smallest absolute Gasteiger partial charge is 0.339 e. The Kier molecular flexibility index (Phi) is 3.99. The lowest BCUT2D eigenvalue weighted by atomic mass is 9.75. The molecule has 1 aromatic carbocycles. The Balaban J connectivity index is 1.87. The van der Waals surface area contributed by atoms with Gasteiger partial charge in [-0.15, -0.1) is 0 Å². The van der Waals surface area contributed by atoms with E-state index in [4.69, 9.17) is 4.74 Å². The number of allylic oxidation sites excluding steroid dienone is 1. The first kappa shape index (κ1) is 17.0. The third-order valence-corrected chi connectivity index (χ3v) is 5.57. The number of carboxylic acids is 1. The Morgan fingerprint density at radius 2 is 2.00 bits per heavy atom. The first-order valence-corrected chi connectivity index (χ1v) is 8.81. The number of carboxylic acid groups (broad SMARTS) is 1. The maximum atomic E-state index is 15.0. The highest BCUT2D eigenvalue weighted by Crippen LogP contribution is 2.49. The zero-order valence-corrected chi connectivity index (χ0v) is 14.8. The minimum Gasteiger partial charge on any atom is -0.491 e. The standard InChI is InChI=1S/C19H21FN2O4/c1-10-9-26-18-15-11(10)7-13(19(24)25)17(23)12(15)8-14(20)16(18)22-5-3-21(2)4-6-22/h7-8,10-11H,3-6,9H2,1-2H3,(H,24,25)/t10-,11?/m0/s1. The molecule has 0 spiro atoms.